The van der Waals surface area contributed by atoms with Crippen LogP contribution in [0.3, 0.4) is 0 Å². The van der Waals surface area contributed by atoms with Gasteiger partial charge < -0.3 is 14.7 Å². The molecule has 0 radical (unpaired) electrons. The Morgan fingerprint density at radius 3 is 2.67 bits per heavy atom. The number of benzene rings is 1. The number of halogens is 1. The second-order valence-electron chi connectivity index (χ2n) is 8.76. The zero-order valence-corrected chi connectivity index (χ0v) is 18.3. The quantitative estimate of drug-likeness (QED) is 0.798. The lowest BCUT2D eigenvalue weighted by Crippen LogP contribution is -2.60. The van der Waals surface area contributed by atoms with Crippen molar-refractivity contribution in [3.8, 4) is 0 Å². The molecule has 1 aromatic heterocycles. The minimum Gasteiger partial charge on any atom is -0.341 e. The summed E-state index contributed by atoms with van der Waals surface area (Å²) in [6.45, 7) is 6.02. The Labute approximate surface area is 182 Å². The number of fused-ring (bicyclic) bond motifs is 3. The van der Waals surface area contributed by atoms with E-state index in [4.69, 9.17) is 16.7 Å². The van der Waals surface area contributed by atoms with E-state index < -0.39 is 0 Å². The Morgan fingerprint density at radius 1 is 1.13 bits per heavy atom. The second-order valence-corrected chi connectivity index (χ2v) is 9.20. The molecular formula is C22H28ClN7. The first-order chi connectivity index (χ1) is 14.5. The Balaban J connectivity index is 1.42. The fourth-order valence-corrected chi connectivity index (χ4v) is 5.18. The van der Waals surface area contributed by atoms with Crippen molar-refractivity contribution in [2.75, 3.05) is 43.0 Å². The van der Waals surface area contributed by atoms with Gasteiger partial charge in [-0.05, 0) is 63.1 Å². The molecule has 2 aromatic rings. The summed E-state index contributed by atoms with van der Waals surface area (Å²) >= 11 is 6.35. The van der Waals surface area contributed by atoms with E-state index in [1.807, 2.05) is 24.5 Å². The van der Waals surface area contributed by atoms with Crippen LogP contribution in [0, 0.1) is 5.92 Å². The highest BCUT2D eigenvalue weighted by Gasteiger charge is 2.45. The van der Waals surface area contributed by atoms with Gasteiger partial charge in [0.2, 0.25) is 5.95 Å². The fraction of sp³-hybridized carbons (Fsp3) is 0.500. The van der Waals surface area contributed by atoms with Crippen molar-refractivity contribution in [1.82, 2.24) is 20.3 Å². The molecule has 0 aliphatic carbocycles. The summed E-state index contributed by atoms with van der Waals surface area (Å²) in [4.78, 5) is 15.9. The lowest BCUT2D eigenvalue weighted by atomic mass is 9.92. The summed E-state index contributed by atoms with van der Waals surface area (Å²) in [5.41, 5.74) is 5.72. The van der Waals surface area contributed by atoms with Crippen LogP contribution in [0.2, 0.25) is 5.02 Å². The van der Waals surface area contributed by atoms with Crippen LogP contribution in [0.15, 0.2) is 41.8 Å². The van der Waals surface area contributed by atoms with Gasteiger partial charge in [-0.2, -0.15) is 5.10 Å². The van der Waals surface area contributed by atoms with E-state index in [2.05, 4.69) is 56.2 Å². The lowest BCUT2D eigenvalue weighted by molar-refractivity contribution is 0.235. The topological polar surface area (TPSA) is 59.9 Å². The number of nitrogens with one attached hydrogen (secondary N) is 1. The summed E-state index contributed by atoms with van der Waals surface area (Å²) in [5.74, 6) is 2.36. The molecule has 1 atom stereocenters. The minimum absolute atomic E-state index is 0.271. The monoisotopic (exact) mass is 425 g/mol. The smallest absolute Gasteiger partial charge is 0.225 e. The van der Waals surface area contributed by atoms with Crippen LogP contribution in [0.25, 0.3) is 0 Å². The van der Waals surface area contributed by atoms with Crippen LogP contribution >= 0.6 is 11.6 Å². The first kappa shape index (κ1) is 19.6. The molecule has 3 aliphatic rings. The highest BCUT2D eigenvalue weighted by Crippen LogP contribution is 2.37. The van der Waals surface area contributed by atoms with Crippen LogP contribution < -0.4 is 15.2 Å². The molecule has 1 saturated heterocycles. The third-order valence-corrected chi connectivity index (χ3v) is 6.69. The third-order valence-electron chi connectivity index (χ3n) is 6.45. The summed E-state index contributed by atoms with van der Waals surface area (Å²) in [6, 6.07) is 8.13. The van der Waals surface area contributed by atoms with Gasteiger partial charge in [0.15, 0.2) is 0 Å². The van der Waals surface area contributed by atoms with Gasteiger partial charge >= 0.3 is 0 Å². The molecule has 3 aliphatic heterocycles. The normalized spacial score (nSPS) is 25.1. The summed E-state index contributed by atoms with van der Waals surface area (Å²) in [7, 11) is 2.18. The van der Waals surface area contributed by atoms with Crippen LogP contribution in [0.5, 0.6) is 0 Å². The molecule has 1 N–H and O–H groups in total. The van der Waals surface area contributed by atoms with E-state index in [1.165, 1.54) is 11.3 Å². The summed E-state index contributed by atoms with van der Waals surface area (Å²) in [5, 5.41) is 5.69. The minimum atomic E-state index is -0.271. The molecule has 1 unspecified atom stereocenters. The summed E-state index contributed by atoms with van der Waals surface area (Å²) < 4.78 is 0. The summed E-state index contributed by atoms with van der Waals surface area (Å²) in [6.07, 6.45) is 6.66. The van der Waals surface area contributed by atoms with Gasteiger partial charge in [-0.3, -0.25) is 5.43 Å². The van der Waals surface area contributed by atoms with E-state index in [9.17, 15) is 0 Å². The Bertz CT molecular complexity index is 942. The molecule has 0 saturated carbocycles. The first-order valence-corrected chi connectivity index (χ1v) is 11.1. The van der Waals surface area contributed by atoms with Crippen LogP contribution in [0.1, 0.15) is 25.3 Å². The predicted molar refractivity (Wildman–Crippen MR) is 121 cm³/mol. The molecule has 0 amide bonds. The van der Waals surface area contributed by atoms with Crippen LogP contribution in [0.4, 0.5) is 11.6 Å². The van der Waals surface area contributed by atoms with Gasteiger partial charge in [0.25, 0.3) is 0 Å². The predicted octanol–water partition coefficient (Wildman–Crippen LogP) is 2.97. The molecule has 0 spiro atoms. The standard InChI is InChI=1S/C22H28ClN7/c1-22-15-28(2)11-6-17-14-18(23)4-5-19(17)30(22)20(26-27-22)16-7-12-29(13-8-16)21-24-9-3-10-25-21/h3-5,9-10,14,16,27H,6-8,11-13,15H2,1-2H3. The van der Waals surface area contributed by atoms with Crippen molar-refractivity contribution in [2.24, 2.45) is 11.0 Å². The highest BCUT2D eigenvalue weighted by molar-refractivity contribution is 6.30. The number of likely N-dealkylation sites (N-methyl/N-ethyl adjacent to an activating group) is 1. The number of hydrogen-bond donors (Lipinski definition) is 1. The highest BCUT2D eigenvalue weighted by atomic mass is 35.5. The van der Waals surface area contributed by atoms with E-state index in [0.29, 0.717) is 5.92 Å². The van der Waals surface area contributed by atoms with Gasteiger partial charge in [-0.25, -0.2) is 9.97 Å². The first-order valence-electron chi connectivity index (χ1n) is 10.7. The van der Waals surface area contributed by atoms with Crippen LogP contribution in [-0.2, 0) is 6.42 Å². The maximum absolute atomic E-state index is 6.35. The van der Waals surface area contributed by atoms with Crippen molar-refractivity contribution in [2.45, 2.75) is 31.8 Å². The molecule has 30 heavy (non-hydrogen) atoms. The number of hydrogen-bond acceptors (Lipinski definition) is 7. The molecule has 4 heterocycles. The number of piperidine rings is 1. The third kappa shape index (κ3) is 3.50. The number of rotatable bonds is 2. The molecule has 0 bridgehead atoms. The van der Waals surface area contributed by atoms with E-state index in [-0.39, 0.29) is 5.66 Å². The van der Waals surface area contributed by atoms with Crippen molar-refractivity contribution in [3.05, 3.63) is 47.2 Å². The molecule has 5 rings (SSSR count). The van der Waals surface area contributed by atoms with E-state index in [0.717, 1.165) is 62.2 Å². The van der Waals surface area contributed by atoms with Gasteiger partial charge in [0, 0.05) is 55.2 Å². The molecule has 158 valence electrons. The second kappa shape index (κ2) is 7.71. The van der Waals surface area contributed by atoms with Gasteiger partial charge in [-0.15, -0.1) is 0 Å². The van der Waals surface area contributed by atoms with Gasteiger partial charge in [0.1, 0.15) is 11.5 Å². The fourth-order valence-electron chi connectivity index (χ4n) is 4.98. The number of anilines is 2. The van der Waals surface area contributed by atoms with Crippen LogP contribution in [-0.4, -0.2) is 59.6 Å². The molecule has 1 fully saturated rings. The molecule has 7 nitrogen and oxygen atoms in total. The number of aromatic nitrogens is 2. The SMILES string of the molecule is CN1CCc2cc(Cl)ccc2N2C(C3CCN(c4ncccn4)CC3)=NNC2(C)C1. The number of nitrogens with zero attached hydrogens (tertiary/aromatic N) is 6. The molecule has 1 aromatic carbocycles. The van der Waals surface area contributed by atoms with E-state index in [1.54, 1.807) is 0 Å². The van der Waals surface area contributed by atoms with Gasteiger partial charge in [0.05, 0.1) is 0 Å². The zero-order valence-electron chi connectivity index (χ0n) is 17.6. The van der Waals surface area contributed by atoms with E-state index >= 15 is 0 Å². The largest absolute Gasteiger partial charge is 0.341 e. The van der Waals surface area contributed by atoms with Crippen molar-refractivity contribution in [1.29, 1.82) is 0 Å². The molecule has 8 heteroatoms. The van der Waals surface area contributed by atoms with Gasteiger partial charge in [-0.1, -0.05) is 11.6 Å². The van der Waals surface area contributed by atoms with Crippen molar-refractivity contribution >= 4 is 29.1 Å². The number of amidine groups is 1. The lowest BCUT2D eigenvalue weighted by Gasteiger charge is -2.44. The maximum atomic E-state index is 6.35. The van der Waals surface area contributed by atoms with Crippen molar-refractivity contribution in [3.63, 3.8) is 0 Å². The average molecular weight is 426 g/mol. The van der Waals surface area contributed by atoms with Crippen molar-refractivity contribution < 1.29 is 0 Å². The zero-order chi connectivity index (χ0) is 20.7. The maximum Gasteiger partial charge on any atom is 0.225 e. The number of hydrazone groups is 1. The average Bonchev–Trinajstić information content (AvgIpc) is 3.08. The Kier molecular flexibility index (Phi) is 5.03. The molecular weight excluding hydrogens is 398 g/mol. The Morgan fingerprint density at radius 2 is 1.90 bits per heavy atom. The Hall–Kier alpha value is -2.38.